The van der Waals surface area contributed by atoms with Gasteiger partial charge in [0.1, 0.15) is 0 Å². The van der Waals surface area contributed by atoms with Crippen molar-refractivity contribution in [3.63, 3.8) is 0 Å². The van der Waals surface area contributed by atoms with Gasteiger partial charge in [-0.25, -0.2) is 0 Å². The first-order valence-corrected chi connectivity index (χ1v) is 11.6. The Kier molecular flexibility index (Phi) is 4.67. The summed E-state index contributed by atoms with van der Waals surface area (Å²) < 4.78 is 0. The van der Waals surface area contributed by atoms with Gasteiger partial charge < -0.3 is 0 Å². The highest BCUT2D eigenvalue weighted by atomic mass is 14.5. The molecule has 0 unspecified atom stereocenters. The molecule has 0 bridgehead atoms. The molecule has 0 heteroatoms. The molecule has 0 N–H and O–H groups in total. The van der Waals surface area contributed by atoms with Crippen LogP contribution in [0.5, 0.6) is 0 Å². The average molecular weight is 417 g/mol. The van der Waals surface area contributed by atoms with Crippen LogP contribution in [-0.2, 0) is 5.41 Å². The monoisotopic (exact) mass is 416 g/mol. The van der Waals surface area contributed by atoms with Crippen LogP contribution < -0.4 is 0 Å². The van der Waals surface area contributed by atoms with Crippen LogP contribution in [0.2, 0.25) is 0 Å². The minimum atomic E-state index is -0.318. The molecule has 0 amide bonds. The summed E-state index contributed by atoms with van der Waals surface area (Å²) in [6, 6.07) is 26.0. The van der Waals surface area contributed by atoms with E-state index in [9.17, 15) is 0 Å². The average Bonchev–Trinajstić information content (AvgIpc) is 2.96. The number of hydrogen-bond donors (Lipinski definition) is 0. The van der Waals surface area contributed by atoms with Crippen molar-refractivity contribution < 1.29 is 0 Å². The smallest absolute Gasteiger partial charge is 0.0587 e. The molecule has 0 atom stereocenters. The van der Waals surface area contributed by atoms with Gasteiger partial charge in [-0.3, -0.25) is 0 Å². The molecule has 5 rings (SSSR count). The highest BCUT2D eigenvalue weighted by Crippen LogP contribution is 2.57. The van der Waals surface area contributed by atoms with Gasteiger partial charge in [-0.05, 0) is 87.4 Å². The minimum Gasteiger partial charge on any atom is -0.0587 e. The lowest BCUT2D eigenvalue weighted by molar-refractivity contribution is 0.761. The molecule has 0 radical (unpaired) electrons. The molecular formula is C32H32. The molecule has 160 valence electrons. The molecule has 32 heavy (non-hydrogen) atoms. The molecule has 4 aromatic rings. The van der Waals surface area contributed by atoms with Gasteiger partial charge in [-0.15, -0.1) is 0 Å². The van der Waals surface area contributed by atoms with E-state index >= 15 is 0 Å². The van der Waals surface area contributed by atoms with E-state index in [4.69, 9.17) is 0 Å². The van der Waals surface area contributed by atoms with Crippen molar-refractivity contribution in [2.75, 3.05) is 0 Å². The van der Waals surface area contributed by atoms with Gasteiger partial charge in [0.15, 0.2) is 0 Å². The Labute approximate surface area is 193 Å². The Hall–Kier alpha value is -3.12. The maximum absolute atomic E-state index is 2.44. The topological polar surface area (TPSA) is 0 Å². The van der Waals surface area contributed by atoms with Crippen LogP contribution in [0.3, 0.4) is 0 Å². The van der Waals surface area contributed by atoms with E-state index in [2.05, 4.69) is 115 Å². The van der Waals surface area contributed by atoms with E-state index in [-0.39, 0.29) is 5.41 Å². The van der Waals surface area contributed by atoms with Gasteiger partial charge in [0.2, 0.25) is 0 Å². The van der Waals surface area contributed by atoms with Crippen LogP contribution in [0.1, 0.15) is 61.2 Å². The van der Waals surface area contributed by atoms with E-state index in [1.807, 2.05) is 0 Å². The quantitative estimate of drug-likeness (QED) is 0.272. The third-order valence-electron chi connectivity index (χ3n) is 7.04. The molecule has 0 nitrogen and oxygen atoms in total. The molecule has 0 spiro atoms. The number of fused-ring (bicyclic) bond motifs is 3. The summed E-state index contributed by atoms with van der Waals surface area (Å²) in [5.74, 6) is 0. The third kappa shape index (κ3) is 2.97. The van der Waals surface area contributed by atoms with Crippen molar-refractivity contribution >= 4 is 0 Å². The van der Waals surface area contributed by atoms with Gasteiger partial charge in [0, 0.05) is 0 Å². The summed E-state index contributed by atoms with van der Waals surface area (Å²) in [5.41, 5.74) is 17.3. The van der Waals surface area contributed by atoms with Crippen LogP contribution in [0, 0.1) is 48.5 Å². The van der Waals surface area contributed by atoms with Gasteiger partial charge in [-0.1, -0.05) is 100 Å². The first kappa shape index (κ1) is 20.8. The van der Waals surface area contributed by atoms with Crippen LogP contribution in [-0.4, -0.2) is 0 Å². The van der Waals surface area contributed by atoms with Crippen molar-refractivity contribution in [3.8, 4) is 11.1 Å². The fourth-order valence-corrected chi connectivity index (χ4v) is 6.12. The van der Waals surface area contributed by atoms with E-state index in [0.29, 0.717) is 0 Å². The summed E-state index contributed by atoms with van der Waals surface area (Å²) in [6.07, 6.45) is 0. The number of rotatable bonds is 2. The Bertz CT molecular complexity index is 1290. The maximum Gasteiger partial charge on any atom is 0.0714 e. The summed E-state index contributed by atoms with van der Waals surface area (Å²) in [6.45, 7) is 15.6. The van der Waals surface area contributed by atoms with Crippen molar-refractivity contribution in [2.45, 2.75) is 53.9 Å². The van der Waals surface area contributed by atoms with E-state index in [1.54, 1.807) is 0 Å². The van der Waals surface area contributed by atoms with E-state index < -0.39 is 0 Å². The number of hydrogen-bond acceptors (Lipinski definition) is 0. The Morgan fingerprint density at radius 2 is 0.906 bits per heavy atom. The van der Waals surface area contributed by atoms with Gasteiger partial charge >= 0.3 is 0 Å². The molecule has 0 aliphatic heterocycles. The Balaban J connectivity index is 2.05. The number of benzene rings is 4. The molecule has 0 heterocycles. The molecule has 0 saturated carbocycles. The van der Waals surface area contributed by atoms with Gasteiger partial charge in [-0.2, -0.15) is 0 Å². The Morgan fingerprint density at radius 1 is 0.438 bits per heavy atom. The van der Waals surface area contributed by atoms with Crippen molar-refractivity contribution in [2.24, 2.45) is 0 Å². The Morgan fingerprint density at radius 3 is 1.44 bits per heavy atom. The fraction of sp³-hybridized carbons (Fsp3) is 0.250. The van der Waals surface area contributed by atoms with Crippen LogP contribution in [0.25, 0.3) is 11.1 Å². The number of aryl methyl sites for hydroxylation is 7. The largest absolute Gasteiger partial charge is 0.0714 e. The third-order valence-corrected chi connectivity index (χ3v) is 7.04. The molecule has 1 aliphatic carbocycles. The molecule has 4 aromatic carbocycles. The molecular weight excluding hydrogens is 384 g/mol. The van der Waals surface area contributed by atoms with E-state index in [0.717, 1.165) is 0 Å². The second-order valence-corrected chi connectivity index (χ2v) is 10.1. The predicted molar refractivity (Wildman–Crippen MR) is 137 cm³/mol. The summed E-state index contributed by atoms with van der Waals surface area (Å²) in [4.78, 5) is 0. The molecule has 0 fully saturated rings. The molecule has 0 aromatic heterocycles. The van der Waals surface area contributed by atoms with Crippen LogP contribution in [0.15, 0.2) is 66.7 Å². The second-order valence-electron chi connectivity index (χ2n) is 10.1. The highest BCUT2D eigenvalue weighted by Gasteiger charge is 2.47. The normalized spacial score (nSPS) is 13.7. The summed E-state index contributed by atoms with van der Waals surface area (Å²) in [5, 5.41) is 0. The zero-order valence-corrected chi connectivity index (χ0v) is 20.4. The van der Waals surface area contributed by atoms with Crippen molar-refractivity contribution in [3.05, 3.63) is 128 Å². The van der Waals surface area contributed by atoms with Crippen molar-refractivity contribution in [1.29, 1.82) is 0 Å². The zero-order chi connectivity index (χ0) is 22.8. The predicted octanol–water partition coefficient (Wildman–Crippen LogP) is 8.21. The SMILES string of the molecule is Cc1cc(C)cc(C2(c3cc(C)cc(C)c3)c3cc(C)ccc3-c3c(C)cc(C)cc32)c1. The van der Waals surface area contributed by atoms with Crippen LogP contribution in [0.4, 0.5) is 0 Å². The lowest BCUT2D eigenvalue weighted by Gasteiger charge is -2.35. The first-order chi connectivity index (χ1) is 15.2. The minimum absolute atomic E-state index is 0.318. The lowest BCUT2D eigenvalue weighted by atomic mass is 9.66. The summed E-state index contributed by atoms with van der Waals surface area (Å²) >= 11 is 0. The maximum atomic E-state index is 2.44. The molecule has 0 saturated heterocycles. The zero-order valence-electron chi connectivity index (χ0n) is 20.4. The second kappa shape index (κ2) is 7.20. The van der Waals surface area contributed by atoms with E-state index in [1.165, 1.54) is 72.3 Å². The fourth-order valence-electron chi connectivity index (χ4n) is 6.12. The first-order valence-electron chi connectivity index (χ1n) is 11.6. The van der Waals surface area contributed by atoms with Gasteiger partial charge in [0.25, 0.3) is 0 Å². The van der Waals surface area contributed by atoms with Gasteiger partial charge in [0.05, 0.1) is 5.41 Å². The lowest BCUT2D eigenvalue weighted by Crippen LogP contribution is -2.29. The van der Waals surface area contributed by atoms with Crippen molar-refractivity contribution in [1.82, 2.24) is 0 Å². The van der Waals surface area contributed by atoms with Crippen LogP contribution >= 0.6 is 0 Å². The highest BCUT2D eigenvalue weighted by molar-refractivity contribution is 5.88. The standard InChI is InChI=1S/C32H32/c1-19-8-9-28-29(17-19)32(26-13-20(2)10-21(3)14-26,27-15-22(4)11-23(5)16-27)30-18-24(6)12-25(7)31(28)30/h8-18H,1-7H3. The summed E-state index contributed by atoms with van der Waals surface area (Å²) in [7, 11) is 0. The molecule has 1 aliphatic rings.